The van der Waals surface area contributed by atoms with E-state index in [0.29, 0.717) is 16.8 Å². The van der Waals surface area contributed by atoms with Crippen LogP contribution in [-0.4, -0.2) is 27.5 Å². The van der Waals surface area contributed by atoms with Gasteiger partial charge in [-0.25, -0.2) is 0 Å². The molecule has 0 radical (unpaired) electrons. The highest BCUT2D eigenvalue weighted by atomic mass is 16.2. The zero-order valence-corrected chi connectivity index (χ0v) is 13.4. The summed E-state index contributed by atoms with van der Waals surface area (Å²) >= 11 is 0. The first-order chi connectivity index (χ1) is 10.4. The molecule has 0 bridgehead atoms. The largest absolute Gasteiger partial charge is 0.349 e. The van der Waals surface area contributed by atoms with Crippen LogP contribution in [0.25, 0.3) is 0 Å². The molecule has 0 aliphatic carbocycles. The molecular weight excluding hydrogens is 278 g/mol. The van der Waals surface area contributed by atoms with E-state index in [1.165, 1.54) is 0 Å². The summed E-state index contributed by atoms with van der Waals surface area (Å²) in [5.74, 6) is -0.163. The molecule has 1 aromatic heterocycles. The van der Waals surface area contributed by atoms with Gasteiger partial charge in [-0.15, -0.1) is 0 Å². The molecule has 1 atom stereocenters. The summed E-state index contributed by atoms with van der Waals surface area (Å²) in [6.45, 7) is 5.50. The number of nitrogens with zero attached hydrogens (tertiary/aromatic N) is 2. The second kappa shape index (κ2) is 6.56. The molecule has 0 aliphatic heterocycles. The summed E-state index contributed by atoms with van der Waals surface area (Å²) in [5, 5.41) is 7.12. The van der Waals surface area contributed by atoms with Crippen LogP contribution in [0.3, 0.4) is 0 Å². The number of hydrogen-bond acceptors (Lipinski definition) is 3. The number of nitrogens with one attached hydrogen (secondary N) is 1. The molecule has 0 spiro atoms. The number of Topliss-reactive ketones (excluding diaryl/α,β-unsaturated/α-hetero) is 1. The number of carbonyl (C=O) groups is 2. The maximum atomic E-state index is 12.4. The van der Waals surface area contributed by atoms with Crippen molar-refractivity contribution in [3.05, 3.63) is 52.8 Å². The van der Waals surface area contributed by atoms with Gasteiger partial charge in [0.2, 0.25) is 0 Å². The van der Waals surface area contributed by atoms with Gasteiger partial charge in [-0.1, -0.05) is 30.3 Å². The molecule has 5 heteroatoms. The van der Waals surface area contributed by atoms with Crippen molar-refractivity contribution in [3.8, 4) is 0 Å². The fourth-order valence-corrected chi connectivity index (χ4v) is 2.47. The average molecular weight is 299 g/mol. The Morgan fingerprint density at radius 1 is 1.23 bits per heavy atom. The van der Waals surface area contributed by atoms with Crippen LogP contribution >= 0.6 is 0 Å². The van der Waals surface area contributed by atoms with Gasteiger partial charge in [-0.3, -0.25) is 14.3 Å². The minimum Gasteiger partial charge on any atom is -0.349 e. The highest BCUT2D eigenvalue weighted by molar-refractivity contribution is 5.98. The molecule has 1 N–H and O–H groups in total. The lowest BCUT2D eigenvalue weighted by molar-refractivity contribution is 0.0917. The van der Waals surface area contributed by atoms with Crippen molar-refractivity contribution >= 4 is 11.7 Å². The molecule has 2 rings (SSSR count). The first-order valence-corrected chi connectivity index (χ1v) is 7.29. The van der Waals surface area contributed by atoms with E-state index in [1.807, 2.05) is 46.0 Å². The summed E-state index contributed by atoms with van der Waals surface area (Å²) in [7, 11) is 1.81. The van der Waals surface area contributed by atoms with E-state index in [0.717, 1.165) is 5.69 Å². The number of rotatable bonds is 5. The Balaban J connectivity index is 2.01. The Bertz CT molecular complexity index is 689. The van der Waals surface area contributed by atoms with Crippen LogP contribution in [0.4, 0.5) is 0 Å². The van der Waals surface area contributed by atoms with Crippen LogP contribution < -0.4 is 5.32 Å². The van der Waals surface area contributed by atoms with E-state index < -0.39 is 0 Å². The van der Waals surface area contributed by atoms with Crippen molar-refractivity contribution in [1.82, 2.24) is 15.1 Å². The van der Waals surface area contributed by atoms with Gasteiger partial charge in [0.05, 0.1) is 11.3 Å². The van der Waals surface area contributed by atoms with Crippen molar-refractivity contribution in [2.24, 2.45) is 7.05 Å². The molecule has 0 saturated heterocycles. The van der Waals surface area contributed by atoms with Crippen molar-refractivity contribution in [2.75, 3.05) is 0 Å². The van der Waals surface area contributed by atoms with E-state index >= 15 is 0 Å². The van der Waals surface area contributed by atoms with Gasteiger partial charge in [0, 0.05) is 30.8 Å². The highest BCUT2D eigenvalue weighted by Crippen LogP contribution is 2.12. The zero-order chi connectivity index (χ0) is 16.3. The number of aromatic nitrogens is 2. The summed E-state index contributed by atoms with van der Waals surface area (Å²) < 4.78 is 1.68. The third-order valence-electron chi connectivity index (χ3n) is 3.70. The van der Waals surface area contributed by atoms with Crippen molar-refractivity contribution in [2.45, 2.75) is 33.2 Å². The van der Waals surface area contributed by atoms with Gasteiger partial charge in [0.1, 0.15) is 0 Å². The summed E-state index contributed by atoms with van der Waals surface area (Å²) in [6.07, 6.45) is 0.272. The quantitative estimate of drug-likeness (QED) is 0.862. The Kier molecular flexibility index (Phi) is 4.75. The molecule has 1 aromatic carbocycles. The van der Waals surface area contributed by atoms with Gasteiger partial charge in [-0.2, -0.15) is 5.10 Å². The first-order valence-electron chi connectivity index (χ1n) is 7.29. The number of ketones is 1. The van der Waals surface area contributed by atoms with Crippen LogP contribution in [0, 0.1) is 13.8 Å². The van der Waals surface area contributed by atoms with Crippen LogP contribution in [-0.2, 0) is 7.05 Å². The van der Waals surface area contributed by atoms with Crippen molar-refractivity contribution in [3.63, 3.8) is 0 Å². The number of amides is 1. The van der Waals surface area contributed by atoms with Gasteiger partial charge in [0.25, 0.3) is 5.91 Å². The number of carbonyl (C=O) groups excluding carboxylic acids is 2. The molecular formula is C17H21N3O2. The third-order valence-corrected chi connectivity index (χ3v) is 3.70. The van der Waals surface area contributed by atoms with Crippen LogP contribution in [0.1, 0.15) is 45.4 Å². The zero-order valence-electron chi connectivity index (χ0n) is 13.4. The van der Waals surface area contributed by atoms with Gasteiger partial charge >= 0.3 is 0 Å². The lowest BCUT2D eigenvalue weighted by Crippen LogP contribution is -2.34. The Morgan fingerprint density at radius 3 is 2.41 bits per heavy atom. The summed E-state index contributed by atoms with van der Waals surface area (Å²) in [4.78, 5) is 24.5. The molecule has 0 aliphatic rings. The lowest BCUT2D eigenvalue weighted by atomic mass is 10.0. The molecule has 116 valence electrons. The topological polar surface area (TPSA) is 64.0 Å². The van der Waals surface area contributed by atoms with Gasteiger partial charge < -0.3 is 5.32 Å². The maximum absolute atomic E-state index is 12.4. The molecule has 22 heavy (non-hydrogen) atoms. The summed E-state index contributed by atoms with van der Waals surface area (Å²) in [6, 6.07) is 8.87. The first kappa shape index (κ1) is 15.9. The van der Waals surface area contributed by atoms with Crippen LogP contribution in [0.2, 0.25) is 0 Å². The molecule has 2 aromatic rings. The van der Waals surface area contributed by atoms with Crippen molar-refractivity contribution < 1.29 is 9.59 Å². The second-order valence-corrected chi connectivity index (χ2v) is 5.54. The molecule has 1 unspecified atom stereocenters. The van der Waals surface area contributed by atoms with E-state index in [4.69, 9.17) is 0 Å². The predicted octanol–water partition coefficient (Wildman–Crippen LogP) is 2.43. The smallest absolute Gasteiger partial charge is 0.255 e. The fraction of sp³-hybridized carbons (Fsp3) is 0.353. The van der Waals surface area contributed by atoms with Gasteiger partial charge in [0.15, 0.2) is 5.78 Å². The maximum Gasteiger partial charge on any atom is 0.255 e. The Morgan fingerprint density at radius 2 is 1.86 bits per heavy atom. The molecule has 1 amide bonds. The minimum atomic E-state index is -0.237. The third kappa shape index (κ3) is 3.42. The standard InChI is InChI=1S/C17H21N3O2/c1-11(10-15(21)14-8-6-5-7-9-14)18-17(22)16-12(2)19-20(4)13(16)3/h5-9,11H,10H2,1-4H3,(H,18,22). The fourth-order valence-electron chi connectivity index (χ4n) is 2.47. The average Bonchev–Trinajstić information content (AvgIpc) is 2.72. The highest BCUT2D eigenvalue weighted by Gasteiger charge is 2.20. The molecule has 1 heterocycles. The van der Waals surface area contributed by atoms with Crippen molar-refractivity contribution in [1.29, 1.82) is 0 Å². The van der Waals surface area contributed by atoms with Crippen LogP contribution in [0.15, 0.2) is 30.3 Å². The SMILES string of the molecule is Cc1nn(C)c(C)c1C(=O)NC(C)CC(=O)c1ccccc1. The van der Waals surface area contributed by atoms with E-state index in [2.05, 4.69) is 10.4 Å². The molecule has 5 nitrogen and oxygen atoms in total. The number of hydrogen-bond donors (Lipinski definition) is 1. The number of aryl methyl sites for hydroxylation is 2. The normalized spacial score (nSPS) is 12.0. The number of benzene rings is 1. The van der Waals surface area contributed by atoms with E-state index in [1.54, 1.807) is 16.8 Å². The second-order valence-electron chi connectivity index (χ2n) is 5.54. The van der Waals surface area contributed by atoms with E-state index in [9.17, 15) is 9.59 Å². The minimum absolute atomic E-state index is 0.0213. The lowest BCUT2D eigenvalue weighted by Gasteiger charge is -2.13. The molecule has 0 fully saturated rings. The Hall–Kier alpha value is -2.43. The van der Waals surface area contributed by atoms with Gasteiger partial charge in [-0.05, 0) is 20.8 Å². The monoisotopic (exact) mass is 299 g/mol. The predicted molar refractivity (Wildman–Crippen MR) is 85.0 cm³/mol. The van der Waals surface area contributed by atoms with E-state index in [-0.39, 0.29) is 24.2 Å². The summed E-state index contributed by atoms with van der Waals surface area (Å²) in [5.41, 5.74) is 2.76. The van der Waals surface area contributed by atoms with Crippen LogP contribution in [0.5, 0.6) is 0 Å². The Labute approximate surface area is 130 Å². The molecule has 0 saturated carbocycles.